The molecule has 0 saturated heterocycles. The van der Waals surface area contributed by atoms with Crippen LogP contribution in [0.15, 0.2) is 38.3 Å². The van der Waals surface area contributed by atoms with Crippen LogP contribution in [-0.4, -0.2) is 45.4 Å². The van der Waals surface area contributed by atoms with Gasteiger partial charge in [0.25, 0.3) is 17.5 Å². The van der Waals surface area contributed by atoms with Gasteiger partial charge in [-0.25, -0.2) is 4.63 Å². The molecule has 0 aromatic carbocycles. The maximum Gasteiger partial charge on any atom is 0.295 e. The third kappa shape index (κ3) is 2.02. The Morgan fingerprint density at radius 1 is 1.16 bits per heavy atom. The van der Waals surface area contributed by atoms with Gasteiger partial charge in [0.15, 0.2) is 5.69 Å². The van der Waals surface area contributed by atoms with Gasteiger partial charge in [0.1, 0.15) is 17.4 Å². The van der Waals surface area contributed by atoms with Crippen LogP contribution in [0.25, 0.3) is 0 Å². The summed E-state index contributed by atoms with van der Waals surface area (Å²) < 4.78 is 18.4. The minimum Gasteiger partial charge on any atom is -0.423 e. The molecule has 124 valence electrons. The van der Waals surface area contributed by atoms with Gasteiger partial charge in [-0.1, -0.05) is 16.5 Å². The lowest BCUT2D eigenvalue weighted by molar-refractivity contribution is 0.203. The van der Waals surface area contributed by atoms with Crippen molar-refractivity contribution in [2.75, 3.05) is 5.06 Å². The van der Waals surface area contributed by atoms with Crippen molar-refractivity contribution in [2.45, 2.75) is 5.66 Å². The first-order chi connectivity index (χ1) is 12.4. The average Bonchev–Trinajstić information content (AvgIpc) is 3.49. The smallest absolute Gasteiger partial charge is 0.295 e. The Balaban J connectivity index is 1.77. The topological polar surface area (TPSA) is 154 Å². The second-order valence-electron chi connectivity index (χ2n) is 4.53. The highest BCUT2D eigenvalue weighted by Crippen LogP contribution is 2.43. The van der Waals surface area contributed by atoms with Crippen LogP contribution in [0.3, 0.4) is 0 Å². The van der Waals surface area contributed by atoms with Gasteiger partial charge in [0, 0.05) is 0 Å². The molecule has 0 fully saturated rings. The lowest BCUT2D eigenvalue weighted by Crippen LogP contribution is -2.42. The molecule has 15 heteroatoms. The number of hydrogen-bond donors (Lipinski definition) is 0. The first-order valence-corrected chi connectivity index (χ1v) is 8.16. The van der Waals surface area contributed by atoms with Crippen molar-refractivity contribution in [3.63, 3.8) is 0 Å². The predicted octanol–water partition coefficient (Wildman–Crippen LogP) is 0.255. The molecule has 0 radical (unpaired) electrons. The van der Waals surface area contributed by atoms with Crippen LogP contribution in [0.4, 0.5) is 5.13 Å². The quantitative estimate of drug-likeness (QED) is 0.479. The van der Waals surface area contributed by atoms with E-state index < -0.39 is 5.66 Å². The summed E-state index contributed by atoms with van der Waals surface area (Å²) >= 11 is 2.23. The fourth-order valence-corrected chi connectivity index (χ4v) is 3.21. The molecule has 1 unspecified atom stereocenters. The van der Waals surface area contributed by atoms with E-state index in [0.717, 1.165) is 11.7 Å². The van der Waals surface area contributed by atoms with Crippen molar-refractivity contribution < 1.29 is 13.9 Å². The van der Waals surface area contributed by atoms with Crippen molar-refractivity contribution in [1.29, 1.82) is 0 Å². The van der Waals surface area contributed by atoms with E-state index >= 15 is 0 Å². The van der Waals surface area contributed by atoms with Crippen molar-refractivity contribution >= 4 is 34.1 Å². The zero-order valence-electron chi connectivity index (χ0n) is 11.8. The van der Waals surface area contributed by atoms with Gasteiger partial charge in [-0.05, 0) is 5.16 Å². The molecule has 1 aliphatic heterocycles. The third-order valence-electron chi connectivity index (χ3n) is 3.21. The van der Waals surface area contributed by atoms with E-state index in [1.807, 2.05) is 0 Å². The Bertz CT molecular complexity index is 948. The van der Waals surface area contributed by atoms with E-state index in [-0.39, 0.29) is 17.5 Å². The molecule has 0 bridgehead atoms. The zero-order chi connectivity index (χ0) is 16.7. The van der Waals surface area contributed by atoms with Crippen LogP contribution in [0, 0.1) is 0 Å². The number of anilines is 1. The molecule has 1 atom stereocenters. The highest BCUT2D eigenvalue weighted by Gasteiger charge is 2.56. The van der Waals surface area contributed by atoms with E-state index in [9.17, 15) is 0 Å². The van der Waals surface area contributed by atoms with Gasteiger partial charge in [0.2, 0.25) is 11.5 Å². The third-order valence-corrected chi connectivity index (χ3v) is 4.35. The number of hydrogen-bond acceptors (Lipinski definition) is 15. The molecule has 0 spiro atoms. The number of hydroxylamine groups is 1. The van der Waals surface area contributed by atoms with Gasteiger partial charge < -0.3 is 9.25 Å². The minimum atomic E-state index is -1.43. The average molecular weight is 376 g/mol. The lowest BCUT2D eigenvalue weighted by Gasteiger charge is -2.27. The number of aromatic nitrogens is 8. The summed E-state index contributed by atoms with van der Waals surface area (Å²) in [6.45, 7) is 0. The Labute approximate surface area is 145 Å². The minimum absolute atomic E-state index is 0.113. The van der Waals surface area contributed by atoms with Crippen LogP contribution in [-0.2, 0) is 10.5 Å². The maximum atomic E-state index is 5.85. The lowest BCUT2D eigenvalue weighted by atomic mass is 10.1. The molecule has 0 aliphatic carbocycles. The molecule has 0 N–H and O–H groups in total. The molecular formula is C10H4N10O3S2. The molecule has 1 aliphatic rings. The summed E-state index contributed by atoms with van der Waals surface area (Å²) in [5, 5.41) is 24.6. The first-order valence-electron chi connectivity index (χ1n) is 6.55. The van der Waals surface area contributed by atoms with E-state index in [1.54, 1.807) is 5.51 Å². The number of aliphatic imine (C=N–C) groups is 1. The van der Waals surface area contributed by atoms with Gasteiger partial charge >= 0.3 is 0 Å². The molecular weight excluding hydrogens is 372 g/mol. The SMILES string of the molecule is c1nnc(C2(c3cnsn3)N=C(c3cnon3)ON2c2nncs2)o1. The van der Waals surface area contributed by atoms with Crippen molar-refractivity contribution in [3.8, 4) is 0 Å². The van der Waals surface area contributed by atoms with Crippen LogP contribution < -0.4 is 5.06 Å². The predicted molar refractivity (Wildman–Crippen MR) is 79.3 cm³/mol. The van der Waals surface area contributed by atoms with Crippen LogP contribution >= 0.6 is 23.1 Å². The monoisotopic (exact) mass is 376 g/mol. The Kier molecular flexibility index (Phi) is 3.01. The summed E-state index contributed by atoms with van der Waals surface area (Å²) in [5.74, 6) is 0.226. The van der Waals surface area contributed by atoms with Crippen LogP contribution in [0.2, 0.25) is 0 Å². The van der Waals surface area contributed by atoms with E-state index in [1.165, 1.54) is 35.2 Å². The molecule has 13 nitrogen and oxygen atoms in total. The number of nitrogens with zero attached hydrogens (tertiary/aromatic N) is 10. The Morgan fingerprint density at radius 2 is 2.16 bits per heavy atom. The summed E-state index contributed by atoms with van der Waals surface area (Å²) in [6.07, 6.45) is 4.07. The standard InChI is InChI=1S/C10H4N10O3S2/c1-5(18-23-13-1)7-15-10(6-2-14-25-19-6,8-16-11-3-21-8)20(22-7)9-17-12-4-24-9/h1-4H. The van der Waals surface area contributed by atoms with Gasteiger partial charge in [-0.3, -0.25) is 0 Å². The molecule has 25 heavy (non-hydrogen) atoms. The number of rotatable bonds is 4. The van der Waals surface area contributed by atoms with Crippen molar-refractivity contribution in [2.24, 2.45) is 4.99 Å². The molecule has 4 aromatic heterocycles. The second-order valence-corrected chi connectivity index (χ2v) is 5.89. The second kappa shape index (κ2) is 5.35. The molecule has 5 rings (SSSR count). The summed E-state index contributed by atoms with van der Waals surface area (Å²) in [5.41, 5.74) is 0.797. The van der Waals surface area contributed by atoms with Crippen LogP contribution in [0.1, 0.15) is 17.3 Å². The fourth-order valence-electron chi connectivity index (χ4n) is 2.21. The van der Waals surface area contributed by atoms with Gasteiger partial charge in [-0.2, -0.15) is 13.7 Å². The van der Waals surface area contributed by atoms with E-state index in [4.69, 9.17) is 9.25 Å². The Hall–Kier alpha value is -3.33. The van der Waals surface area contributed by atoms with Gasteiger partial charge in [-0.15, -0.1) is 25.5 Å². The fraction of sp³-hybridized carbons (Fsp3) is 0.100. The van der Waals surface area contributed by atoms with Crippen molar-refractivity contribution in [3.05, 3.63) is 41.6 Å². The highest BCUT2D eigenvalue weighted by molar-refractivity contribution is 7.13. The molecule has 5 heterocycles. The molecule has 0 saturated carbocycles. The van der Waals surface area contributed by atoms with Crippen molar-refractivity contribution in [1.82, 2.24) is 39.5 Å². The van der Waals surface area contributed by atoms with E-state index in [0.29, 0.717) is 10.8 Å². The summed E-state index contributed by atoms with van der Waals surface area (Å²) in [4.78, 5) is 10.4. The van der Waals surface area contributed by atoms with Crippen LogP contribution in [0.5, 0.6) is 0 Å². The van der Waals surface area contributed by atoms with Gasteiger partial charge in [0.05, 0.1) is 17.9 Å². The maximum absolute atomic E-state index is 5.85. The Morgan fingerprint density at radius 3 is 2.84 bits per heavy atom. The molecule has 4 aromatic rings. The highest BCUT2D eigenvalue weighted by atomic mass is 32.1. The summed E-state index contributed by atoms with van der Waals surface area (Å²) in [7, 11) is 0. The van der Waals surface area contributed by atoms with E-state index in [2.05, 4.69) is 49.1 Å². The summed E-state index contributed by atoms with van der Waals surface area (Å²) in [6, 6.07) is 0. The normalized spacial score (nSPS) is 19.8. The largest absolute Gasteiger partial charge is 0.423 e. The zero-order valence-corrected chi connectivity index (χ0v) is 13.5. The molecule has 0 amide bonds. The first kappa shape index (κ1) is 14.1.